The number of rotatable bonds is 11. The van der Waals surface area contributed by atoms with E-state index < -0.39 is 12.1 Å². The van der Waals surface area contributed by atoms with Crippen molar-refractivity contribution in [1.29, 1.82) is 0 Å². The summed E-state index contributed by atoms with van der Waals surface area (Å²) in [5, 5.41) is 6.92. The van der Waals surface area contributed by atoms with Crippen LogP contribution in [0.5, 0.6) is 0 Å². The third-order valence-corrected chi connectivity index (χ3v) is 11.3. The maximum atomic E-state index is 13.8. The Labute approximate surface area is 326 Å². The minimum Gasteiger partial charge on any atom is -0.453 e. The molecule has 3 aromatic carbocycles. The summed E-state index contributed by atoms with van der Waals surface area (Å²) in [6.07, 6.45) is 10.7. The van der Waals surface area contributed by atoms with Crippen molar-refractivity contribution in [1.82, 2.24) is 34.9 Å². The highest BCUT2D eigenvalue weighted by Crippen LogP contribution is 2.35. The molecule has 286 valence electrons. The van der Waals surface area contributed by atoms with Crippen LogP contribution in [-0.2, 0) is 20.9 Å². The smallest absolute Gasteiger partial charge is 0.407 e. The van der Waals surface area contributed by atoms with Gasteiger partial charge in [0.15, 0.2) is 0 Å². The van der Waals surface area contributed by atoms with Crippen molar-refractivity contribution in [2.45, 2.75) is 69.6 Å². The fraction of sp³-hybridized carbons (Fsp3) is 0.318. The highest BCUT2D eigenvalue weighted by molar-refractivity contribution is 6.03. The van der Waals surface area contributed by atoms with E-state index in [1.54, 1.807) is 23.1 Å². The number of hydrogen-bond donors (Lipinski definition) is 2. The number of ether oxygens (including phenoxy) is 1. The largest absolute Gasteiger partial charge is 0.453 e. The van der Waals surface area contributed by atoms with Crippen LogP contribution in [0.15, 0.2) is 115 Å². The molecule has 2 N–H and O–H groups in total. The monoisotopic (exact) mass is 750 g/mol. The summed E-state index contributed by atoms with van der Waals surface area (Å²) < 4.78 is 6.44. The second-order valence-corrected chi connectivity index (χ2v) is 14.7. The number of aromatic nitrogens is 4. The van der Waals surface area contributed by atoms with Gasteiger partial charge >= 0.3 is 6.09 Å². The third-order valence-electron chi connectivity index (χ3n) is 11.3. The molecule has 12 heteroatoms. The molecule has 0 unspecified atom stereocenters. The van der Waals surface area contributed by atoms with Gasteiger partial charge in [0, 0.05) is 43.8 Å². The molecule has 5 heterocycles. The fourth-order valence-corrected chi connectivity index (χ4v) is 8.21. The van der Waals surface area contributed by atoms with Crippen LogP contribution in [-0.4, -0.2) is 85.5 Å². The average Bonchev–Trinajstić information content (AvgIpc) is 4.10. The van der Waals surface area contributed by atoms with Crippen LogP contribution < -0.4 is 5.32 Å². The van der Waals surface area contributed by atoms with Crippen molar-refractivity contribution in [2.24, 2.45) is 4.99 Å². The van der Waals surface area contributed by atoms with E-state index in [4.69, 9.17) is 14.7 Å². The number of carbonyl (C=O) groups excluding carboxylic acids is 3. The van der Waals surface area contributed by atoms with Gasteiger partial charge in [0.05, 0.1) is 43.5 Å². The molecule has 56 heavy (non-hydrogen) atoms. The zero-order valence-electron chi connectivity index (χ0n) is 31.7. The highest BCUT2D eigenvalue weighted by Gasteiger charge is 2.38. The van der Waals surface area contributed by atoms with E-state index in [0.717, 1.165) is 82.8 Å². The van der Waals surface area contributed by atoms with E-state index in [9.17, 15) is 14.4 Å². The molecule has 0 saturated carbocycles. The normalized spacial score (nSPS) is 19.0. The molecule has 2 fully saturated rings. The predicted molar refractivity (Wildman–Crippen MR) is 214 cm³/mol. The van der Waals surface area contributed by atoms with Gasteiger partial charge < -0.3 is 24.8 Å². The first kappa shape index (κ1) is 36.7. The predicted octanol–water partition coefficient (Wildman–Crippen LogP) is 7.01. The average molecular weight is 751 g/mol. The molecule has 3 aliphatic rings. The van der Waals surface area contributed by atoms with E-state index in [2.05, 4.69) is 63.9 Å². The number of imidazole rings is 1. The summed E-state index contributed by atoms with van der Waals surface area (Å²) in [5.41, 5.74) is 8.35. The van der Waals surface area contributed by atoms with Crippen LogP contribution in [0.1, 0.15) is 67.9 Å². The van der Waals surface area contributed by atoms with Crippen LogP contribution >= 0.6 is 0 Å². The lowest BCUT2D eigenvalue weighted by Gasteiger charge is -2.29. The lowest BCUT2D eigenvalue weighted by atomic mass is 9.96. The standard InChI is InChI=1S/C44H46N8O4/c1-29(30-9-4-3-5-10-30)42(53)52-24-7-12-40(52)41-46-27-37(48-41)34-19-17-32(18-20-34)31-13-15-33(16-14-31)35-25-36(45-26-35)39-11-6-23-51(39)43(54)38(49-44(55)56-2)28-50-22-8-21-47-50/h3-5,8-10,13-22,26-27,29,38-40H,6-7,11-12,23-25,28H2,1-2H3,(H,46,48)(H,49,55)/t29-,38+,39+,40+/m1/s1. The highest BCUT2D eigenvalue weighted by atomic mass is 16.5. The van der Waals surface area contributed by atoms with Crippen LogP contribution in [0.2, 0.25) is 0 Å². The van der Waals surface area contributed by atoms with Crippen LogP contribution in [0, 0.1) is 0 Å². The minimum atomic E-state index is -0.815. The van der Waals surface area contributed by atoms with Crippen LogP contribution in [0.25, 0.3) is 28.0 Å². The van der Waals surface area contributed by atoms with Gasteiger partial charge in [-0.15, -0.1) is 0 Å². The Balaban J connectivity index is 0.886. The van der Waals surface area contributed by atoms with Crippen LogP contribution in [0.4, 0.5) is 4.79 Å². The summed E-state index contributed by atoms with van der Waals surface area (Å²) in [4.78, 5) is 56.3. The van der Waals surface area contributed by atoms with E-state index in [-0.39, 0.29) is 36.4 Å². The third kappa shape index (κ3) is 7.64. The number of alkyl carbamates (subject to hydrolysis) is 1. The molecule has 0 radical (unpaired) electrons. The number of benzene rings is 3. The molecule has 3 aliphatic heterocycles. The molecule has 8 rings (SSSR count). The Bertz CT molecular complexity index is 2230. The molecule has 0 bridgehead atoms. The number of hydrogen-bond acceptors (Lipinski definition) is 7. The quantitative estimate of drug-likeness (QED) is 0.149. The Kier molecular flexibility index (Phi) is 10.6. The lowest BCUT2D eigenvalue weighted by Crippen LogP contribution is -2.53. The van der Waals surface area contributed by atoms with Gasteiger partial charge in [-0.1, -0.05) is 78.9 Å². The molecule has 0 spiro atoms. The molecule has 12 nitrogen and oxygen atoms in total. The number of likely N-dealkylation sites (tertiary alicyclic amines) is 2. The second kappa shape index (κ2) is 16.2. The number of carbonyl (C=O) groups is 3. The van der Waals surface area contributed by atoms with Crippen molar-refractivity contribution < 1.29 is 19.1 Å². The molecule has 4 atom stereocenters. The Morgan fingerprint density at radius 1 is 0.839 bits per heavy atom. The van der Waals surface area contributed by atoms with E-state index >= 15 is 0 Å². The van der Waals surface area contributed by atoms with Gasteiger partial charge in [0.1, 0.15) is 11.9 Å². The molecule has 5 aromatic rings. The number of H-pyrrole nitrogens is 1. The first-order valence-electron chi connectivity index (χ1n) is 19.4. The van der Waals surface area contributed by atoms with Crippen molar-refractivity contribution in [2.75, 3.05) is 20.2 Å². The van der Waals surface area contributed by atoms with E-state index in [1.165, 1.54) is 7.11 Å². The lowest BCUT2D eigenvalue weighted by molar-refractivity contribution is -0.134. The van der Waals surface area contributed by atoms with Crippen LogP contribution in [0.3, 0.4) is 0 Å². The van der Waals surface area contributed by atoms with Crippen molar-refractivity contribution >= 4 is 29.2 Å². The molecule has 0 aliphatic carbocycles. The number of aliphatic imine (C=N–C) groups is 1. The molecule has 2 saturated heterocycles. The molecular formula is C44H46N8O4. The van der Waals surface area contributed by atoms with Crippen molar-refractivity contribution in [3.8, 4) is 22.4 Å². The first-order valence-corrected chi connectivity index (χ1v) is 19.4. The number of nitrogens with one attached hydrogen (secondary N) is 2. The SMILES string of the molecule is COC(=O)N[C@@H](Cn1cccn1)C(=O)N1CCC[C@H]1C1=NC=C(c2ccc(-c3ccc(-c4cnc([C@@H]5CCCN5C(=O)[C@H](C)c5ccccc5)[nH]4)cc3)cc2)C1. The Morgan fingerprint density at radius 3 is 2.18 bits per heavy atom. The van der Waals surface area contributed by atoms with E-state index in [1.807, 2.05) is 59.5 Å². The van der Waals surface area contributed by atoms with Gasteiger partial charge in [-0.2, -0.15) is 5.10 Å². The summed E-state index contributed by atoms with van der Waals surface area (Å²) in [6.45, 7) is 3.52. The van der Waals surface area contributed by atoms with Gasteiger partial charge in [0.2, 0.25) is 11.8 Å². The number of amides is 3. The number of aromatic amines is 1. The van der Waals surface area contributed by atoms with Crippen molar-refractivity contribution in [3.63, 3.8) is 0 Å². The number of methoxy groups -OCH3 is 1. The van der Waals surface area contributed by atoms with Gasteiger partial charge in [-0.05, 0) is 72.1 Å². The number of allylic oxidation sites excluding steroid dienone is 1. The Hall–Kier alpha value is -6.30. The summed E-state index contributed by atoms with van der Waals surface area (Å²) in [7, 11) is 1.29. The fourth-order valence-electron chi connectivity index (χ4n) is 8.21. The maximum absolute atomic E-state index is 13.8. The maximum Gasteiger partial charge on any atom is 0.407 e. The molecular weight excluding hydrogens is 705 g/mol. The second-order valence-electron chi connectivity index (χ2n) is 14.7. The van der Waals surface area contributed by atoms with E-state index in [0.29, 0.717) is 13.0 Å². The van der Waals surface area contributed by atoms with Gasteiger partial charge in [-0.25, -0.2) is 9.78 Å². The molecule has 3 amide bonds. The van der Waals surface area contributed by atoms with Gasteiger partial charge in [-0.3, -0.25) is 19.3 Å². The summed E-state index contributed by atoms with van der Waals surface area (Å²) in [6, 6.07) is 27.7. The number of nitrogens with zero attached hydrogens (tertiary/aromatic N) is 6. The summed E-state index contributed by atoms with van der Waals surface area (Å²) >= 11 is 0. The Morgan fingerprint density at radius 2 is 1.50 bits per heavy atom. The zero-order chi connectivity index (χ0) is 38.6. The topological polar surface area (TPSA) is 138 Å². The van der Waals surface area contributed by atoms with Gasteiger partial charge in [0.25, 0.3) is 0 Å². The first-order chi connectivity index (χ1) is 27.4. The zero-order valence-corrected chi connectivity index (χ0v) is 31.7. The summed E-state index contributed by atoms with van der Waals surface area (Å²) in [5.74, 6) is 0.592. The van der Waals surface area contributed by atoms with Crippen molar-refractivity contribution in [3.05, 3.63) is 127 Å². The minimum absolute atomic E-state index is 0.0583. The molecule has 2 aromatic heterocycles.